The number of amides is 5. The van der Waals surface area contributed by atoms with Gasteiger partial charge in [-0.25, -0.2) is 9.59 Å². The SMILES string of the molecule is N[C@@](CC(=O)O)(NC(=O)CCNC(=O)[C@H]1O[C@@H](N2CCC(=O)NC2=O)[C@@H](O)[C@H]1O)C(=O)O. The molecule has 16 nitrogen and oxygen atoms in total. The van der Waals surface area contributed by atoms with Crippen LogP contribution in [0, 0.1) is 0 Å². The van der Waals surface area contributed by atoms with E-state index >= 15 is 0 Å². The lowest BCUT2D eigenvalue weighted by Crippen LogP contribution is -2.62. The van der Waals surface area contributed by atoms with Gasteiger partial charge in [0.05, 0.1) is 6.42 Å². The van der Waals surface area contributed by atoms with E-state index in [1.54, 1.807) is 0 Å². The number of nitrogens with two attached hydrogens (primary N) is 1. The molecule has 0 radical (unpaired) electrons. The van der Waals surface area contributed by atoms with Crippen molar-refractivity contribution < 1.29 is 53.9 Å². The monoisotopic (exact) mass is 461 g/mol. The van der Waals surface area contributed by atoms with Gasteiger partial charge in [-0.1, -0.05) is 0 Å². The van der Waals surface area contributed by atoms with Crippen molar-refractivity contribution in [3.63, 3.8) is 0 Å². The number of carbonyl (C=O) groups is 6. The Morgan fingerprint density at radius 1 is 1.19 bits per heavy atom. The Kier molecular flexibility index (Phi) is 7.68. The molecule has 0 spiro atoms. The number of aliphatic carboxylic acids is 2. The lowest BCUT2D eigenvalue weighted by Gasteiger charge is -2.32. The zero-order valence-electron chi connectivity index (χ0n) is 16.5. The summed E-state index contributed by atoms with van der Waals surface area (Å²) >= 11 is 0. The first-order chi connectivity index (χ1) is 14.9. The third-order valence-electron chi connectivity index (χ3n) is 4.72. The smallest absolute Gasteiger partial charge is 0.345 e. The molecule has 2 fully saturated rings. The molecule has 0 aromatic rings. The Morgan fingerprint density at radius 3 is 2.41 bits per heavy atom. The molecule has 2 aliphatic rings. The Labute approximate surface area is 179 Å². The number of carboxylic acids is 2. The number of ether oxygens (including phenoxy) is 1. The molecular formula is C16H23N5O11. The largest absolute Gasteiger partial charge is 0.481 e. The van der Waals surface area contributed by atoms with Gasteiger partial charge in [0, 0.05) is 25.9 Å². The van der Waals surface area contributed by atoms with E-state index in [1.165, 1.54) is 0 Å². The normalized spacial score (nSPS) is 27.3. The fourth-order valence-corrected chi connectivity index (χ4v) is 3.08. The highest BCUT2D eigenvalue weighted by atomic mass is 16.6. The molecule has 2 saturated heterocycles. The number of aliphatic hydroxyl groups excluding tert-OH is 2. The lowest BCUT2D eigenvalue weighted by atomic mass is 10.1. The molecule has 178 valence electrons. The zero-order valence-corrected chi connectivity index (χ0v) is 16.5. The van der Waals surface area contributed by atoms with E-state index in [-0.39, 0.29) is 19.5 Å². The van der Waals surface area contributed by atoms with Crippen molar-refractivity contribution in [3.05, 3.63) is 0 Å². The molecule has 0 saturated carbocycles. The van der Waals surface area contributed by atoms with Gasteiger partial charge in [0.15, 0.2) is 18.0 Å². The van der Waals surface area contributed by atoms with Crippen LogP contribution in [0.2, 0.25) is 0 Å². The standard InChI is InChI=1S/C16H23N5O11/c17-16(14(29)30,5-8(24)25)20-7(23)1-3-18-12(28)11-9(26)10(27)13(32-11)21-4-2-6(22)19-15(21)31/h9-11,13,26-27H,1-5,17H2,(H,18,28)(H,20,23)(H,24,25)(H,29,30)(H,19,22,31)/t9-,10+,11+,13-,16+/m1/s1. The summed E-state index contributed by atoms with van der Waals surface area (Å²) in [6.07, 6.45) is -8.04. The number of urea groups is 1. The molecule has 2 rings (SSSR count). The molecule has 5 atom stereocenters. The minimum Gasteiger partial charge on any atom is -0.481 e. The summed E-state index contributed by atoms with van der Waals surface area (Å²) < 4.78 is 5.28. The number of aliphatic hydroxyl groups is 2. The molecule has 9 N–H and O–H groups in total. The van der Waals surface area contributed by atoms with Crippen LogP contribution < -0.4 is 21.7 Å². The van der Waals surface area contributed by atoms with Gasteiger partial charge in [-0.15, -0.1) is 0 Å². The molecule has 0 bridgehead atoms. The highest BCUT2D eigenvalue weighted by Gasteiger charge is 2.50. The van der Waals surface area contributed by atoms with Crippen LogP contribution >= 0.6 is 0 Å². The fourth-order valence-electron chi connectivity index (χ4n) is 3.08. The second-order valence-electron chi connectivity index (χ2n) is 7.16. The highest BCUT2D eigenvalue weighted by molar-refractivity contribution is 5.96. The van der Waals surface area contributed by atoms with Crippen molar-refractivity contribution in [1.82, 2.24) is 20.9 Å². The Bertz CT molecular complexity index is 820. The fraction of sp³-hybridized carbons (Fsp3) is 0.625. The quantitative estimate of drug-likeness (QED) is 0.150. The summed E-state index contributed by atoms with van der Waals surface area (Å²) in [5.41, 5.74) is 2.82. The Balaban J connectivity index is 1.88. The van der Waals surface area contributed by atoms with E-state index in [4.69, 9.17) is 20.7 Å². The number of hydrogen-bond acceptors (Lipinski definition) is 10. The van der Waals surface area contributed by atoms with Crippen molar-refractivity contribution in [2.45, 2.75) is 49.5 Å². The van der Waals surface area contributed by atoms with Crippen LogP contribution in [-0.2, 0) is 28.7 Å². The van der Waals surface area contributed by atoms with Crippen molar-refractivity contribution >= 4 is 35.7 Å². The first kappa shape index (κ1) is 24.9. The van der Waals surface area contributed by atoms with Gasteiger partial charge in [-0.05, 0) is 0 Å². The number of carboxylic acid groups (broad SMARTS) is 2. The Morgan fingerprint density at radius 2 is 1.84 bits per heavy atom. The van der Waals surface area contributed by atoms with Crippen LogP contribution in [0.25, 0.3) is 0 Å². The average molecular weight is 461 g/mol. The predicted octanol–water partition coefficient (Wildman–Crippen LogP) is -4.79. The minimum atomic E-state index is -2.55. The number of nitrogens with one attached hydrogen (secondary N) is 3. The summed E-state index contributed by atoms with van der Waals surface area (Å²) in [4.78, 5) is 70.1. The maximum atomic E-state index is 12.3. The molecule has 0 aromatic heterocycles. The maximum Gasteiger partial charge on any atom is 0.345 e. The Hall–Kier alpha value is -3.34. The first-order valence-corrected chi connectivity index (χ1v) is 9.30. The first-order valence-electron chi connectivity index (χ1n) is 9.30. The van der Waals surface area contributed by atoms with E-state index < -0.39 is 78.7 Å². The van der Waals surface area contributed by atoms with E-state index in [1.807, 2.05) is 10.6 Å². The molecule has 0 aliphatic carbocycles. The van der Waals surface area contributed by atoms with E-state index in [2.05, 4.69) is 5.32 Å². The van der Waals surface area contributed by atoms with Gasteiger partial charge >= 0.3 is 18.0 Å². The van der Waals surface area contributed by atoms with Gasteiger partial charge in [-0.3, -0.25) is 35.1 Å². The van der Waals surface area contributed by atoms with Crippen LogP contribution in [0.5, 0.6) is 0 Å². The van der Waals surface area contributed by atoms with Gasteiger partial charge in [0.2, 0.25) is 11.8 Å². The molecule has 16 heteroatoms. The van der Waals surface area contributed by atoms with Crippen molar-refractivity contribution in [3.8, 4) is 0 Å². The minimum absolute atomic E-state index is 0.0682. The molecule has 0 unspecified atom stereocenters. The summed E-state index contributed by atoms with van der Waals surface area (Å²) in [5.74, 6) is -5.78. The molecule has 32 heavy (non-hydrogen) atoms. The topological polar surface area (TPSA) is 258 Å². The van der Waals surface area contributed by atoms with Gasteiger partial charge < -0.3 is 35.8 Å². The number of rotatable bonds is 9. The molecule has 0 aromatic carbocycles. The van der Waals surface area contributed by atoms with Gasteiger partial charge in [0.25, 0.3) is 5.91 Å². The summed E-state index contributed by atoms with van der Waals surface area (Å²) in [6, 6.07) is -0.861. The highest BCUT2D eigenvalue weighted by Crippen LogP contribution is 2.25. The number of imide groups is 1. The number of nitrogens with zero attached hydrogens (tertiary/aromatic N) is 1. The zero-order chi connectivity index (χ0) is 24.2. The van der Waals surface area contributed by atoms with Crippen molar-refractivity contribution in [2.75, 3.05) is 13.1 Å². The molecule has 2 aliphatic heterocycles. The number of carbonyl (C=O) groups excluding carboxylic acids is 4. The van der Waals surface area contributed by atoms with Crippen LogP contribution in [0.1, 0.15) is 19.3 Å². The lowest BCUT2D eigenvalue weighted by molar-refractivity contribution is -0.153. The summed E-state index contributed by atoms with van der Waals surface area (Å²) in [5, 5.41) is 44.1. The molecule has 5 amide bonds. The van der Waals surface area contributed by atoms with Crippen molar-refractivity contribution in [2.24, 2.45) is 5.73 Å². The summed E-state index contributed by atoms with van der Waals surface area (Å²) in [7, 11) is 0. The van der Waals surface area contributed by atoms with Crippen LogP contribution in [0.15, 0.2) is 0 Å². The van der Waals surface area contributed by atoms with Crippen molar-refractivity contribution in [1.29, 1.82) is 0 Å². The third-order valence-corrected chi connectivity index (χ3v) is 4.72. The molecular weight excluding hydrogens is 438 g/mol. The van der Waals surface area contributed by atoms with Crippen LogP contribution in [-0.4, -0.2) is 104 Å². The molecule has 2 heterocycles. The van der Waals surface area contributed by atoms with E-state index in [0.717, 1.165) is 4.90 Å². The second kappa shape index (κ2) is 9.86. The predicted molar refractivity (Wildman–Crippen MR) is 98.1 cm³/mol. The third kappa shape index (κ3) is 5.67. The van der Waals surface area contributed by atoms with Gasteiger partial charge in [-0.2, -0.15) is 0 Å². The van der Waals surface area contributed by atoms with Gasteiger partial charge in [0.1, 0.15) is 12.2 Å². The van der Waals surface area contributed by atoms with Crippen LogP contribution in [0.3, 0.4) is 0 Å². The second-order valence-corrected chi connectivity index (χ2v) is 7.16. The maximum absolute atomic E-state index is 12.3. The van der Waals surface area contributed by atoms with E-state index in [0.29, 0.717) is 0 Å². The van der Waals surface area contributed by atoms with E-state index in [9.17, 15) is 39.0 Å². The number of hydrogen-bond donors (Lipinski definition) is 8. The van der Waals surface area contributed by atoms with Crippen LogP contribution in [0.4, 0.5) is 4.79 Å². The summed E-state index contributed by atoms with van der Waals surface area (Å²) in [6.45, 7) is -0.478. The average Bonchev–Trinajstić information content (AvgIpc) is 2.96.